The Balaban J connectivity index is 4.30. The standard InChI is InChI=1S/C56H102O5/c1-4-7-10-13-16-19-22-25-27-29-30-32-35-37-40-43-46-49-55(57)60-53-54(61-56(58)50-47-44-41-38-34-24-21-18-15-12-9-6-3)52-59-51-48-45-42-39-36-33-31-28-26-23-20-17-14-11-8-5-2/h16,19,25,27,30,32,37,40,54H,4-15,17-18,20-24,26,28-29,31,33-36,38-39,41-53H2,1-3H3/b19-16-,27-25-,32-30-,40-37-/t54-/m1/s1. The summed E-state index contributed by atoms with van der Waals surface area (Å²) in [6, 6.07) is 0. The van der Waals surface area contributed by atoms with Crippen LogP contribution in [-0.2, 0) is 23.8 Å². The van der Waals surface area contributed by atoms with E-state index in [0.29, 0.717) is 19.4 Å². The number of unbranched alkanes of at least 4 members (excludes halogenated alkanes) is 30. The van der Waals surface area contributed by atoms with E-state index in [2.05, 4.69) is 69.4 Å². The summed E-state index contributed by atoms with van der Waals surface area (Å²) < 4.78 is 17.4. The van der Waals surface area contributed by atoms with Gasteiger partial charge >= 0.3 is 11.9 Å². The lowest BCUT2D eigenvalue weighted by Gasteiger charge is -2.18. The Kier molecular flexibility index (Phi) is 50.4. The van der Waals surface area contributed by atoms with Gasteiger partial charge in [-0.05, 0) is 57.8 Å². The van der Waals surface area contributed by atoms with Crippen molar-refractivity contribution in [2.24, 2.45) is 0 Å². The Morgan fingerprint density at radius 2 is 0.705 bits per heavy atom. The van der Waals surface area contributed by atoms with Crippen LogP contribution in [0, 0.1) is 0 Å². The minimum atomic E-state index is -0.552. The molecule has 0 N–H and O–H groups in total. The van der Waals surface area contributed by atoms with Gasteiger partial charge in [-0.2, -0.15) is 0 Å². The molecular formula is C56H102O5. The quantitative estimate of drug-likeness (QED) is 0.0347. The second kappa shape index (κ2) is 52.2. The molecule has 0 fully saturated rings. The summed E-state index contributed by atoms with van der Waals surface area (Å²) in [5, 5.41) is 0. The summed E-state index contributed by atoms with van der Waals surface area (Å²) in [6.45, 7) is 7.78. The normalized spacial score (nSPS) is 12.5. The molecule has 0 aromatic carbocycles. The molecule has 0 unspecified atom stereocenters. The number of esters is 2. The number of allylic oxidation sites excluding steroid dienone is 8. The van der Waals surface area contributed by atoms with Gasteiger partial charge in [0.15, 0.2) is 6.10 Å². The number of hydrogen-bond acceptors (Lipinski definition) is 5. The van der Waals surface area contributed by atoms with E-state index in [1.54, 1.807) is 0 Å². The van der Waals surface area contributed by atoms with Gasteiger partial charge in [-0.25, -0.2) is 0 Å². The lowest BCUT2D eigenvalue weighted by Crippen LogP contribution is -2.30. The van der Waals surface area contributed by atoms with Crippen molar-refractivity contribution in [2.75, 3.05) is 19.8 Å². The fraction of sp³-hybridized carbons (Fsp3) is 0.821. The van der Waals surface area contributed by atoms with Crippen molar-refractivity contribution in [2.45, 2.75) is 277 Å². The van der Waals surface area contributed by atoms with Gasteiger partial charge in [-0.1, -0.05) is 249 Å². The zero-order valence-electron chi connectivity index (χ0n) is 40.9. The van der Waals surface area contributed by atoms with Crippen molar-refractivity contribution in [3.63, 3.8) is 0 Å². The van der Waals surface area contributed by atoms with E-state index in [0.717, 1.165) is 57.8 Å². The van der Waals surface area contributed by atoms with Gasteiger partial charge in [-0.3, -0.25) is 9.59 Å². The summed E-state index contributed by atoms with van der Waals surface area (Å²) in [7, 11) is 0. The SMILES string of the molecule is CCCCC/C=C\C/C=C\C/C=C\C/C=C\CCCC(=O)OC[C@@H](COCCCCCCCCCCCCCCCCCC)OC(=O)CCCCCCCCCCCCCC. The van der Waals surface area contributed by atoms with Crippen molar-refractivity contribution in [1.29, 1.82) is 0 Å². The molecule has 0 saturated heterocycles. The maximum atomic E-state index is 12.8. The average molecular weight is 855 g/mol. The monoisotopic (exact) mass is 855 g/mol. The number of carbonyl (C=O) groups excluding carboxylic acids is 2. The van der Waals surface area contributed by atoms with E-state index in [9.17, 15) is 9.59 Å². The van der Waals surface area contributed by atoms with Crippen molar-refractivity contribution in [3.8, 4) is 0 Å². The van der Waals surface area contributed by atoms with Crippen LogP contribution < -0.4 is 0 Å². The molecule has 0 heterocycles. The number of rotatable bonds is 49. The van der Waals surface area contributed by atoms with Crippen LogP contribution in [0.1, 0.15) is 271 Å². The first kappa shape index (κ1) is 58.9. The van der Waals surface area contributed by atoms with Crippen molar-refractivity contribution >= 4 is 11.9 Å². The summed E-state index contributed by atoms with van der Waals surface area (Å²) >= 11 is 0. The van der Waals surface area contributed by atoms with Crippen LogP contribution in [0.5, 0.6) is 0 Å². The summed E-state index contributed by atoms with van der Waals surface area (Å²) in [4.78, 5) is 25.4. The van der Waals surface area contributed by atoms with Crippen LogP contribution >= 0.6 is 0 Å². The highest BCUT2D eigenvalue weighted by Crippen LogP contribution is 2.15. The summed E-state index contributed by atoms with van der Waals surface area (Å²) in [5.74, 6) is -0.449. The molecule has 5 heteroatoms. The van der Waals surface area contributed by atoms with E-state index < -0.39 is 6.10 Å². The van der Waals surface area contributed by atoms with Crippen LogP contribution in [-0.4, -0.2) is 37.9 Å². The van der Waals surface area contributed by atoms with Gasteiger partial charge < -0.3 is 14.2 Å². The minimum absolute atomic E-state index is 0.0618. The lowest BCUT2D eigenvalue weighted by molar-refractivity contribution is -0.163. The van der Waals surface area contributed by atoms with Crippen LogP contribution in [0.4, 0.5) is 0 Å². The Hall–Kier alpha value is -2.14. The molecule has 0 aromatic heterocycles. The van der Waals surface area contributed by atoms with E-state index in [4.69, 9.17) is 14.2 Å². The predicted octanol–water partition coefficient (Wildman–Crippen LogP) is 18.0. The van der Waals surface area contributed by atoms with Gasteiger partial charge in [-0.15, -0.1) is 0 Å². The Morgan fingerprint density at radius 3 is 1.15 bits per heavy atom. The number of hydrogen-bond donors (Lipinski definition) is 0. The fourth-order valence-electron chi connectivity index (χ4n) is 7.62. The maximum Gasteiger partial charge on any atom is 0.306 e. The number of carbonyl (C=O) groups is 2. The van der Waals surface area contributed by atoms with Gasteiger partial charge in [0.05, 0.1) is 6.61 Å². The molecule has 0 amide bonds. The highest BCUT2D eigenvalue weighted by molar-refractivity contribution is 5.70. The molecule has 0 aromatic rings. The molecule has 0 spiro atoms. The van der Waals surface area contributed by atoms with Crippen LogP contribution in [0.2, 0.25) is 0 Å². The second-order valence-electron chi connectivity index (χ2n) is 17.8. The molecule has 0 bridgehead atoms. The Bertz CT molecular complexity index is 1010. The molecular weight excluding hydrogens is 753 g/mol. The molecule has 0 aliphatic heterocycles. The molecule has 0 rings (SSSR count). The largest absolute Gasteiger partial charge is 0.462 e. The average Bonchev–Trinajstić information content (AvgIpc) is 3.26. The van der Waals surface area contributed by atoms with Crippen LogP contribution in [0.25, 0.3) is 0 Å². The van der Waals surface area contributed by atoms with E-state index in [1.807, 2.05) is 0 Å². The van der Waals surface area contributed by atoms with Gasteiger partial charge in [0.25, 0.3) is 0 Å². The van der Waals surface area contributed by atoms with Crippen LogP contribution in [0.3, 0.4) is 0 Å². The van der Waals surface area contributed by atoms with Crippen LogP contribution in [0.15, 0.2) is 48.6 Å². The zero-order chi connectivity index (χ0) is 44.2. The summed E-state index contributed by atoms with van der Waals surface area (Å²) in [5.41, 5.74) is 0. The Morgan fingerprint density at radius 1 is 0.361 bits per heavy atom. The maximum absolute atomic E-state index is 12.8. The third-order valence-corrected chi connectivity index (χ3v) is 11.6. The first-order valence-electron chi connectivity index (χ1n) is 26.7. The van der Waals surface area contributed by atoms with Crippen molar-refractivity contribution in [1.82, 2.24) is 0 Å². The Labute approximate surface area is 380 Å². The van der Waals surface area contributed by atoms with Gasteiger partial charge in [0.1, 0.15) is 6.61 Å². The molecule has 61 heavy (non-hydrogen) atoms. The highest BCUT2D eigenvalue weighted by atomic mass is 16.6. The van der Waals surface area contributed by atoms with E-state index in [-0.39, 0.29) is 25.2 Å². The minimum Gasteiger partial charge on any atom is -0.462 e. The molecule has 0 saturated carbocycles. The van der Waals surface area contributed by atoms with Gasteiger partial charge in [0, 0.05) is 19.4 Å². The summed E-state index contributed by atoms with van der Waals surface area (Å²) in [6.07, 6.45) is 64.1. The first-order valence-corrected chi connectivity index (χ1v) is 26.7. The van der Waals surface area contributed by atoms with Gasteiger partial charge in [0.2, 0.25) is 0 Å². The van der Waals surface area contributed by atoms with Crippen molar-refractivity contribution < 1.29 is 23.8 Å². The molecule has 5 nitrogen and oxygen atoms in total. The first-order chi connectivity index (χ1) is 30.1. The lowest BCUT2D eigenvalue weighted by atomic mass is 10.0. The number of ether oxygens (including phenoxy) is 3. The molecule has 356 valence electrons. The topological polar surface area (TPSA) is 61.8 Å². The molecule has 1 atom stereocenters. The molecule has 0 radical (unpaired) electrons. The second-order valence-corrected chi connectivity index (χ2v) is 17.8. The fourth-order valence-corrected chi connectivity index (χ4v) is 7.62. The third kappa shape index (κ3) is 50.4. The predicted molar refractivity (Wildman–Crippen MR) is 265 cm³/mol. The van der Waals surface area contributed by atoms with Crippen molar-refractivity contribution in [3.05, 3.63) is 48.6 Å². The smallest absolute Gasteiger partial charge is 0.306 e. The zero-order valence-corrected chi connectivity index (χ0v) is 40.9. The highest BCUT2D eigenvalue weighted by Gasteiger charge is 2.17. The van der Waals surface area contributed by atoms with E-state index in [1.165, 1.54) is 180 Å². The molecule has 0 aliphatic carbocycles. The molecule has 0 aliphatic rings. The third-order valence-electron chi connectivity index (χ3n) is 11.6. The van der Waals surface area contributed by atoms with E-state index >= 15 is 0 Å².